The summed E-state index contributed by atoms with van der Waals surface area (Å²) >= 11 is 6.13. The number of benzene rings is 2. The molecule has 1 aliphatic carbocycles. The predicted molar refractivity (Wildman–Crippen MR) is 78.9 cm³/mol. The fourth-order valence-electron chi connectivity index (χ4n) is 2.58. The molecule has 0 aromatic heterocycles. The second-order valence-corrected chi connectivity index (χ2v) is 5.42. The molecule has 19 heavy (non-hydrogen) atoms. The summed E-state index contributed by atoms with van der Waals surface area (Å²) in [5.74, 6) is 0.945. The third kappa shape index (κ3) is 2.93. The highest BCUT2D eigenvalue weighted by molar-refractivity contribution is 6.31. The smallest absolute Gasteiger partial charge is 0.120 e. The Kier molecular flexibility index (Phi) is 3.74. The fourth-order valence-corrected chi connectivity index (χ4v) is 2.77. The van der Waals surface area contributed by atoms with E-state index < -0.39 is 0 Å². The first-order chi connectivity index (χ1) is 9.33. The van der Waals surface area contributed by atoms with Crippen LogP contribution in [0, 0.1) is 0 Å². The van der Waals surface area contributed by atoms with Gasteiger partial charge >= 0.3 is 0 Å². The molecular weight excluding hydrogens is 256 g/mol. The van der Waals surface area contributed by atoms with E-state index in [1.807, 2.05) is 24.3 Å². The highest BCUT2D eigenvalue weighted by Crippen LogP contribution is 2.26. The number of aryl methyl sites for hydroxylation is 2. The molecule has 3 rings (SSSR count). The Hall–Kier alpha value is -1.47. The monoisotopic (exact) mass is 272 g/mol. The minimum Gasteiger partial charge on any atom is -0.489 e. The van der Waals surface area contributed by atoms with Crippen molar-refractivity contribution in [2.75, 3.05) is 0 Å². The molecule has 0 unspecified atom stereocenters. The van der Waals surface area contributed by atoms with Gasteiger partial charge in [-0.3, -0.25) is 0 Å². The quantitative estimate of drug-likeness (QED) is 0.780. The maximum atomic E-state index is 6.13. The number of hydrogen-bond acceptors (Lipinski definition) is 1. The predicted octanol–water partition coefficient (Wildman–Crippen LogP) is 4.80. The van der Waals surface area contributed by atoms with E-state index in [1.54, 1.807) is 0 Å². The van der Waals surface area contributed by atoms with Gasteiger partial charge in [-0.05, 0) is 55.0 Å². The van der Waals surface area contributed by atoms with Crippen molar-refractivity contribution in [3.8, 4) is 5.75 Å². The summed E-state index contributed by atoms with van der Waals surface area (Å²) in [5.41, 5.74) is 3.96. The zero-order valence-corrected chi connectivity index (χ0v) is 11.6. The van der Waals surface area contributed by atoms with E-state index in [4.69, 9.17) is 16.3 Å². The zero-order valence-electron chi connectivity index (χ0n) is 10.9. The first kappa shape index (κ1) is 12.6. The van der Waals surface area contributed by atoms with E-state index in [0.717, 1.165) is 16.3 Å². The summed E-state index contributed by atoms with van der Waals surface area (Å²) in [4.78, 5) is 0. The van der Waals surface area contributed by atoms with Crippen LogP contribution in [0.4, 0.5) is 0 Å². The molecule has 0 saturated carbocycles. The topological polar surface area (TPSA) is 9.23 Å². The Labute approximate surface area is 119 Å². The van der Waals surface area contributed by atoms with Crippen molar-refractivity contribution >= 4 is 11.6 Å². The summed E-state index contributed by atoms with van der Waals surface area (Å²) in [5, 5.41) is 0.764. The van der Waals surface area contributed by atoms with Gasteiger partial charge in [-0.25, -0.2) is 0 Å². The Balaban J connectivity index is 1.72. The molecule has 1 aliphatic rings. The molecule has 2 aromatic carbocycles. The van der Waals surface area contributed by atoms with Crippen molar-refractivity contribution < 1.29 is 4.74 Å². The van der Waals surface area contributed by atoms with Gasteiger partial charge in [0.25, 0.3) is 0 Å². The van der Waals surface area contributed by atoms with Crippen LogP contribution in [0.1, 0.15) is 29.5 Å². The second-order valence-electron chi connectivity index (χ2n) is 5.02. The largest absolute Gasteiger partial charge is 0.489 e. The van der Waals surface area contributed by atoms with Crippen LogP contribution in [-0.4, -0.2) is 0 Å². The summed E-state index contributed by atoms with van der Waals surface area (Å²) in [7, 11) is 0. The second kappa shape index (κ2) is 5.66. The number of hydrogen-bond donors (Lipinski definition) is 0. The van der Waals surface area contributed by atoms with Crippen LogP contribution in [0.25, 0.3) is 0 Å². The molecule has 98 valence electrons. The van der Waals surface area contributed by atoms with Gasteiger partial charge in [-0.2, -0.15) is 0 Å². The third-order valence-corrected chi connectivity index (χ3v) is 4.04. The summed E-state index contributed by atoms with van der Waals surface area (Å²) in [6, 6.07) is 14.3. The lowest BCUT2D eigenvalue weighted by Gasteiger charge is -2.17. The number of halogens is 1. The van der Waals surface area contributed by atoms with Gasteiger partial charge in [0.15, 0.2) is 0 Å². The van der Waals surface area contributed by atoms with Crippen molar-refractivity contribution in [3.63, 3.8) is 0 Å². The lowest BCUT2D eigenvalue weighted by atomic mass is 9.92. The maximum Gasteiger partial charge on any atom is 0.120 e. The van der Waals surface area contributed by atoms with Crippen LogP contribution in [0.5, 0.6) is 5.75 Å². The van der Waals surface area contributed by atoms with Crippen molar-refractivity contribution in [1.82, 2.24) is 0 Å². The van der Waals surface area contributed by atoms with Gasteiger partial charge in [-0.15, -0.1) is 0 Å². The van der Waals surface area contributed by atoms with Gasteiger partial charge < -0.3 is 4.74 Å². The minimum atomic E-state index is 0.526. The molecule has 0 heterocycles. The number of fused-ring (bicyclic) bond motifs is 1. The molecule has 0 N–H and O–H groups in total. The summed E-state index contributed by atoms with van der Waals surface area (Å²) in [6.07, 6.45) is 4.99. The lowest BCUT2D eigenvalue weighted by Crippen LogP contribution is -2.03. The number of ether oxygens (including phenoxy) is 1. The van der Waals surface area contributed by atoms with E-state index in [2.05, 4.69) is 18.2 Å². The molecule has 1 nitrogen and oxygen atoms in total. The summed E-state index contributed by atoms with van der Waals surface area (Å²) < 4.78 is 5.85. The normalized spacial score (nSPS) is 13.9. The molecule has 2 heteroatoms. The van der Waals surface area contributed by atoms with Crippen LogP contribution in [0.3, 0.4) is 0 Å². The number of rotatable bonds is 3. The van der Waals surface area contributed by atoms with Crippen LogP contribution < -0.4 is 4.74 Å². The van der Waals surface area contributed by atoms with E-state index in [-0.39, 0.29) is 0 Å². The molecule has 0 aliphatic heterocycles. The molecule has 0 atom stereocenters. The Bertz CT molecular complexity index is 577. The highest BCUT2D eigenvalue weighted by atomic mass is 35.5. The molecule has 0 fully saturated rings. The molecule has 2 aromatic rings. The standard InChI is InChI=1S/C17H17ClO/c18-17-8-4-3-7-15(17)12-19-16-10-9-13-5-1-2-6-14(13)11-16/h3-4,7-11H,1-2,5-6,12H2. The fraction of sp³-hybridized carbons (Fsp3) is 0.294. The average molecular weight is 273 g/mol. The Morgan fingerprint density at radius 3 is 2.58 bits per heavy atom. The zero-order chi connectivity index (χ0) is 13.1. The average Bonchev–Trinajstić information content (AvgIpc) is 2.46. The van der Waals surface area contributed by atoms with Gasteiger partial charge in [0.05, 0.1) is 0 Å². The summed E-state index contributed by atoms with van der Waals surface area (Å²) in [6.45, 7) is 0.526. The van der Waals surface area contributed by atoms with E-state index in [0.29, 0.717) is 6.61 Å². The van der Waals surface area contributed by atoms with Gasteiger partial charge in [0.1, 0.15) is 12.4 Å². The van der Waals surface area contributed by atoms with Gasteiger partial charge in [0.2, 0.25) is 0 Å². The molecule has 0 saturated heterocycles. The Morgan fingerprint density at radius 2 is 1.74 bits per heavy atom. The van der Waals surface area contributed by atoms with Crippen molar-refractivity contribution in [2.24, 2.45) is 0 Å². The first-order valence-corrected chi connectivity index (χ1v) is 7.19. The molecule has 0 amide bonds. The van der Waals surface area contributed by atoms with Crippen LogP contribution in [-0.2, 0) is 19.4 Å². The van der Waals surface area contributed by atoms with E-state index in [9.17, 15) is 0 Å². The van der Waals surface area contributed by atoms with Crippen molar-refractivity contribution in [3.05, 3.63) is 64.2 Å². The van der Waals surface area contributed by atoms with Gasteiger partial charge in [-0.1, -0.05) is 35.9 Å². The van der Waals surface area contributed by atoms with E-state index in [1.165, 1.54) is 36.8 Å². The SMILES string of the molecule is Clc1ccccc1COc1ccc2c(c1)CCCC2. The highest BCUT2D eigenvalue weighted by Gasteiger charge is 2.10. The van der Waals surface area contributed by atoms with Crippen molar-refractivity contribution in [1.29, 1.82) is 0 Å². The van der Waals surface area contributed by atoms with Gasteiger partial charge in [0, 0.05) is 10.6 Å². The molecule has 0 bridgehead atoms. The lowest BCUT2D eigenvalue weighted by molar-refractivity contribution is 0.305. The van der Waals surface area contributed by atoms with Crippen LogP contribution in [0.15, 0.2) is 42.5 Å². The molecule has 0 radical (unpaired) electrons. The first-order valence-electron chi connectivity index (χ1n) is 6.81. The van der Waals surface area contributed by atoms with Crippen molar-refractivity contribution in [2.45, 2.75) is 32.3 Å². The third-order valence-electron chi connectivity index (χ3n) is 3.67. The Morgan fingerprint density at radius 1 is 0.947 bits per heavy atom. The maximum absolute atomic E-state index is 6.13. The molecule has 0 spiro atoms. The van der Waals surface area contributed by atoms with Crippen LogP contribution in [0.2, 0.25) is 5.02 Å². The van der Waals surface area contributed by atoms with E-state index >= 15 is 0 Å². The molecular formula is C17H17ClO. The van der Waals surface area contributed by atoms with Crippen LogP contribution >= 0.6 is 11.6 Å². The minimum absolute atomic E-state index is 0.526.